The molecule has 0 N–H and O–H groups in total. The second-order valence-electron chi connectivity index (χ2n) is 6.75. The third kappa shape index (κ3) is 3.24. The molecular weight excluding hydrogens is 338 g/mol. The van der Waals surface area contributed by atoms with E-state index in [2.05, 4.69) is 37.1 Å². The molecule has 136 valence electrons. The Labute approximate surface area is 157 Å². The van der Waals surface area contributed by atoms with E-state index in [1.54, 1.807) is 22.4 Å². The number of aryl methyl sites for hydroxylation is 2. The first-order chi connectivity index (χ1) is 13.0. The van der Waals surface area contributed by atoms with Gasteiger partial charge in [-0.25, -0.2) is 4.52 Å². The highest BCUT2D eigenvalue weighted by Gasteiger charge is 2.10. The Morgan fingerprint density at radius 2 is 1.78 bits per heavy atom. The number of aromatic nitrogens is 3. The summed E-state index contributed by atoms with van der Waals surface area (Å²) in [6.45, 7) is 4.69. The summed E-state index contributed by atoms with van der Waals surface area (Å²) in [5, 5.41) is 4.54. The number of hydrogen-bond donors (Lipinski definition) is 0. The van der Waals surface area contributed by atoms with E-state index in [1.807, 2.05) is 36.5 Å². The molecule has 0 atom stereocenters. The molecule has 2 aromatic carbocycles. The highest BCUT2D eigenvalue weighted by Crippen LogP contribution is 2.21. The van der Waals surface area contributed by atoms with Crippen LogP contribution in [0.2, 0.25) is 0 Å². The average molecular weight is 359 g/mol. The lowest BCUT2D eigenvalue weighted by Crippen LogP contribution is -2.22. The summed E-state index contributed by atoms with van der Waals surface area (Å²) in [6.07, 6.45) is 3.62. The maximum atomic E-state index is 12.9. The van der Waals surface area contributed by atoms with Crippen LogP contribution in [0.25, 0.3) is 16.8 Å². The molecule has 0 saturated carbocycles. The smallest absolute Gasteiger partial charge is 0.276 e. The zero-order valence-electron chi connectivity index (χ0n) is 15.6. The van der Waals surface area contributed by atoms with Crippen LogP contribution in [0.5, 0.6) is 5.75 Å². The molecule has 27 heavy (non-hydrogen) atoms. The minimum Gasteiger partial charge on any atom is -0.497 e. The Morgan fingerprint density at radius 3 is 2.48 bits per heavy atom. The first-order valence-corrected chi connectivity index (χ1v) is 8.84. The van der Waals surface area contributed by atoms with Crippen molar-refractivity contribution in [2.45, 2.75) is 20.4 Å². The normalized spacial score (nSPS) is 11.1. The van der Waals surface area contributed by atoms with Crippen molar-refractivity contribution in [3.63, 3.8) is 0 Å². The largest absolute Gasteiger partial charge is 0.497 e. The second kappa shape index (κ2) is 6.76. The minimum absolute atomic E-state index is 0.0512. The van der Waals surface area contributed by atoms with Gasteiger partial charge in [-0.1, -0.05) is 23.8 Å². The van der Waals surface area contributed by atoms with E-state index in [0.717, 1.165) is 22.6 Å². The molecule has 0 aliphatic rings. The Morgan fingerprint density at radius 1 is 1.00 bits per heavy atom. The predicted molar refractivity (Wildman–Crippen MR) is 106 cm³/mol. The van der Waals surface area contributed by atoms with Gasteiger partial charge in [0.05, 0.1) is 19.3 Å². The van der Waals surface area contributed by atoms with E-state index < -0.39 is 0 Å². The van der Waals surface area contributed by atoms with E-state index in [-0.39, 0.29) is 5.56 Å². The van der Waals surface area contributed by atoms with Crippen LogP contribution in [0.3, 0.4) is 0 Å². The molecule has 0 spiro atoms. The second-order valence-corrected chi connectivity index (χ2v) is 6.75. The zero-order chi connectivity index (χ0) is 19.0. The van der Waals surface area contributed by atoms with Crippen molar-refractivity contribution >= 4 is 5.52 Å². The highest BCUT2D eigenvalue weighted by atomic mass is 16.5. The van der Waals surface area contributed by atoms with E-state index >= 15 is 0 Å². The quantitative estimate of drug-likeness (QED) is 0.556. The van der Waals surface area contributed by atoms with E-state index in [4.69, 9.17) is 4.74 Å². The number of hydrogen-bond acceptors (Lipinski definition) is 3. The molecule has 0 aliphatic carbocycles. The van der Waals surface area contributed by atoms with Crippen molar-refractivity contribution < 1.29 is 4.74 Å². The van der Waals surface area contributed by atoms with Gasteiger partial charge in [-0.05, 0) is 55.3 Å². The molecule has 0 fully saturated rings. The van der Waals surface area contributed by atoms with Crippen LogP contribution < -0.4 is 10.3 Å². The molecule has 0 radical (unpaired) electrons. The zero-order valence-corrected chi connectivity index (χ0v) is 15.6. The van der Waals surface area contributed by atoms with Gasteiger partial charge in [0.15, 0.2) is 0 Å². The van der Waals surface area contributed by atoms with E-state index in [1.165, 1.54) is 11.1 Å². The molecule has 2 heterocycles. The molecule has 5 heteroatoms. The summed E-state index contributed by atoms with van der Waals surface area (Å²) < 4.78 is 8.56. The Hall–Kier alpha value is -3.34. The number of methoxy groups -OCH3 is 1. The Kier molecular flexibility index (Phi) is 4.28. The van der Waals surface area contributed by atoms with Gasteiger partial charge in [0.2, 0.25) is 0 Å². The standard InChI is InChI=1S/C22H21N3O2/c1-15-4-5-18(16(2)12-15)14-24-10-11-25-21(22(24)26)13-20(23-25)17-6-8-19(27-3)9-7-17/h4-13H,14H2,1-3H3. The third-order valence-electron chi connectivity index (χ3n) is 4.83. The number of rotatable bonds is 4. The fourth-order valence-electron chi connectivity index (χ4n) is 3.26. The van der Waals surface area contributed by atoms with Crippen molar-refractivity contribution in [3.05, 3.63) is 88.0 Å². The molecule has 0 bridgehead atoms. The van der Waals surface area contributed by atoms with Crippen molar-refractivity contribution in [3.8, 4) is 17.0 Å². The summed E-state index contributed by atoms with van der Waals surface area (Å²) in [5.41, 5.74) is 5.77. The van der Waals surface area contributed by atoms with Gasteiger partial charge in [0.1, 0.15) is 11.3 Å². The lowest BCUT2D eigenvalue weighted by Gasteiger charge is -2.09. The molecule has 4 rings (SSSR count). The molecule has 5 nitrogen and oxygen atoms in total. The van der Waals surface area contributed by atoms with Crippen molar-refractivity contribution in [2.75, 3.05) is 7.11 Å². The summed E-state index contributed by atoms with van der Waals surface area (Å²) in [7, 11) is 1.64. The van der Waals surface area contributed by atoms with Crippen LogP contribution in [0.15, 0.2) is 65.7 Å². The van der Waals surface area contributed by atoms with Gasteiger partial charge in [-0.15, -0.1) is 0 Å². The Balaban J connectivity index is 1.72. The summed E-state index contributed by atoms with van der Waals surface area (Å²) in [4.78, 5) is 12.9. The van der Waals surface area contributed by atoms with Crippen molar-refractivity contribution in [2.24, 2.45) is 0 Å². The van der Waals surface area contributed by atoms with Crippen LogP contribution in [0, 0.1) is 13.8 Å². The monoisotopic (exact) mass is 359 g/mol. The van der Waals surface area contributed by atoms with Gasteiger partial charge in [-0.2, -0.15) is 5.10 Å². The van der Waals surface area contributed by atoms with Gasteiger partial charge >= 0.3 is 0 Å². The molecule has 0 aliphatic heterocycles. The number of ether oxygens (including phenoxy) is 1. The SMILES string of the molecule is COc1ccc(-c2cc3c(=O)n(Cc4ccc(C)cc4C)ccn3n2)cc1. The van der Waals surface area contributed by atoms with Crippen LogP contribution in [0.1, 0.15) is 16.7 Å². The number of fused-ring (bicyclic) bond motifs is 1. The van der Waals surface area contributed by atoms with Crippen LogP contribution >= 0.6 is 0 Å². The van der Waals surface area contributed by atoms with Crippen LogP contribution in [0.4, 0.5) is 0 Å². The van der Waals surface area contributed by atoms with Gasteiger partial charge < -0.3 is 9.30 Å². The third-order valence-corrected chi connectivity index (χ3v) is 4.83. The molecular formula is C22H21N3O2. The van der Waals surface area contributed by atoms with E-state index in [9.17, 15) is 4.79 Å². The molecule has 0 saturated heterocycles. The molecule has 0 amide bonds. The van der Waals surface area contributed by atoms with Crippen LogP contribution in [-0.4, -0.2) is 21.3 Å². The highest BCUT2D eigenvalue weighted by molar-refractivity contribution is 5.66. The lowest BCUT2D eigenvalue weighted by atomic mass is 10.1. The van der Waals surface area contributed by atoms with Crippen molar-refractivity contribution in [1.82, 2.24) is 14.2 Å². The molecule has 0 unspecified atom stereocenters. The number of benzene rings is 2. The lowest BCUT2D eigenvalue weighted by molar-refractivity contribution is 0.415. The minimum atomic E-state index is -0.0512. The predicted octanol–water partition coefficient (Wildman–Crippen LogP) is 3.84. The average Bonchev–Trinajstić information content (AvgIpc) is 3.11. The van der Waals surface area contributed by atoms with Gasteiger partial charge in [0.25, 0.3) is 5.56 Å². The maximum absolute atomic E-state index is 12.9. The molecule has 4 aromatic rings. The summed E-state index contributed by atoms with van der Waals surface area (Å²) in [6, 6.07) is 15.8. The first kappa shape index (κ1) is 17.1. The van der Waals surface area contributed by atoms with Crippen LogP contribution in [-0.2, 0) is 6.54 Å². The summed E-state index contributed by atoms with van der Waals surface area (Å²) >= 11 is 0. The van der Waals surface area contributed by atoms with Gasteiger partial charge in [-0.3, -0.25) is 4.79 Å². The summed E-state index contributed by atoms with van der Waals surface area (Å²) in [5.74, 6) is 0.790. The van der Waals surface area contributed by atoms with Gasteiger partial charge in [0, 0.05) is 18.0 Å². The topological polar surface area (TPSA) is 48.5 Å². The fraction of sp³-hybridized carbons (Fsp3) is 0.182. The Bertz CT molecular complexity index is 1170. The number of nitrogens with zero attached hydrogens (tertiary/aromatic N) is 3. The van der Waals surface area contributed by atoms with E-state index in [0.29, 0.717) is 12.1 Å². The first-order valence-electron chi connectivity index (χ1n) is 8.84. The maximum Gasteiger partial charge on any atom is 0.276 e. The molecule has 2 aromatic heterocycles. The van der Waals surface area contributed by atoms with Crippen molar-refractivity contribution in [1.29, 1.82) is 0 Å². The fourth-order valence-corrected chi connectivity index (χ4v) is 3.26.